The van der Waals surface area contributed by atoms with E-state index in [1.54, 1.807) is 0 Å². The molecule has 1 aliphatic heterocycles. The van der Waals surface area contributed by atoms with Gasteiger partial charge >= 0.3 is 5.97 Å². The molecule has 2 aromatic rings. The first-order valence-corrected chi connectivity index (χ1v) is 10.7. The van der Waals surface area contributed by atoms with Crippen molar-refractivity contribution in [3.63, 3.8) is 0 Å². The van der Waals surface area contributed by atoms with Gasteiger partial charge in [-0.2, -0.15) is 4.31 Å². The minimum absolute atomic E-state index is 0.0303. The SMILES string of the molecule is O=C(OCc1nnsc1Cl)C1CCN(S(=O)(=O)c2ccc(Cl)cc2)CC1. The zero-order valence-corrected chi connectivity index (χ0v) is 16.6. The van der Waals surface area contributed by atoms with Gasteiger partial charge in [0, 0.05) is 29.6 Å². The van der Waals surface area contributed by atoms with E-state index in [1.165, 1.54) is 28.6 Å². The van der Waals surface area contributed by atoms with Gasteiger partial charge in [-0.15, -0.1) is 5.10 Å². The highest BCUT2D eigenvalue weighted by Crippen LogP contribution is 2.26. The largest absolute Gasteiger partial charge is 0.459 e. The molecule has 2 heterocycles. The summed E-state index contributed by atoms with van der Waals surface area (Å²) in [6, 6.07) is 6.03. The number of esters is 1. The van der Waals surface area contributed by atoms with E-state index in [-0.39, 0.29) is 36.5 Å². The molecule has 1 fully saturated rings. The average molecular weight is 436 g/mol. The lowest BCUT2D eigenvalue weighted by Gasteiger charge is -2.30. The van der Waals surface area contributed by atoms with Crippen molar-refractivity contribution in [2.45, 2.75) is 24.3 Å². The molecule has 140 valence electrons. The molecule has 0 unspecified atom stereocenters. The van der Waals surface area contributed by atoms with Crippen LogP contribution in [0.1, 0.15) is 18.5 Å². The molecule has 1 aliphatic rings. The summed E-state index contributed by atoms with van der Waals surface area (Å²) in [5, 5.41) is 4.25. The number of hydrogen-bond acceptors (Lipinski definition) is 7. The first kappa shape index (κ1) is 19.5. The molecule has 0 spiro atoms. The Labute approximate surface area is 165 Å². The molecule has 26 heavy (non-hydrogen) atoms. The van der Waals surface area contributed by atoms with Crippen LogP contribution in [0.3, 0.4) is 0 Å². The first-order valence-electron chi connectivity index (χ1n) is 7.77. The molecule has 1 aromatic heterocycles. The predicted octanol–water partition coefficient (Wildman–Crippen LogP) is 2.99. The van der Waals surface area contributed by atoms with E-state index in [4.69, 9.17) is 27.9 Å². The molecule has 0 bridgehead atoms. The van der Waals surface area contributed by atoms with Crippen LogP contribution in [0.2, 0.25) is 9.36 Å². The standard InChI is InChI=1S/C15H15Cl2N3O4S2/c16-11-1-3-12(4-2-11)26(22,23)20-7-5-10(6-8-20)15(21)24-9-13-14(17)25-19-18-13/h1-4,10H,5-9H2. The number of carbonyl (C=O) groups is 1. The first-order chi connectivity index (χ1) is 12.4. The summed E-state index contributed by atoms with van der Waals surface area (Å²) in [5.74, 6) is -0.727. The van der Waals surface area contributed by atoms with E-state index in [2.05, 4.69) is 9.59 Å². The molecule has 0 saturated carbocycles. The van der Waals surface area contributed by atoms with E-state index >= 15 is 0 Å². The monoisotopic (exact) mass is 435 g/mol. The minimum atomic E-state index is -3.59. The molecule has 0 atom stereocenters. The Bertz CT molecular complexity index is 879. The maximum atomic E-state index is 12.6. The Morgan fingerprint density at radius 1 is 1.23 bits per heavy atom. The molecule has 3 rings (SSSR count). The van der Waals surface area contributed by atoms with Gasteiger partial charge in [-0.25, -0.2) is 8.42 Å². The lowest BCUT2D eigenvalue weighted by Crippen LogP contribution is -2.40. The van der Waals surface area contributed by atoms with Crippen molar-refractivity contribution in [3.05, 3.63) is 39.3 Å². The lowest BCUT2D eigenvalue weighted by atomic mass is 9.98. The van der Waals surface area contributed by atoms with Gasteiger partial charge in [0.15, 0.2) is 0 Å². The third-order valence-corrected chi connectivity index (χ3v) is 7.25. The Kier molecular flexibility index (Phi) is 6.13. The van der Waals surface area contributed by atoms with Gasteiger partial charge in [-0.1, -0.05) is 27.7 Å². The zero-order valence-electron chi connectivity index (χ0n) is 13.5. The van der Waals surface area contributed by atoms with Gasteiger partial charge < -0.3 is 4.74 Å². The van der Waals surface area contributed by atoms with Crippen LogP contribution in [-0.2, 0) is 26.2 Å². The van der Waals surface area contributed by atoms with Crippen LogP contribution in [-0.4, -0.2) is 41.4 Å². The van der Waals surface area contributed by atoms with E-state index in [1.807, 2.05) is 0 Å². The summed E-state index contributed by atoms with van der Waals surface area (Å²) in [6.07, 6.45) is 0.795. The Morgan fingerprint density at radius 2 is 1.88 bits per heavy atom. The van der Waals surface area contributed by atoms with Crippen molar-refractivity contribution >= 4 is 50.7 Å². The molecule has 0 N–H and O–H groups in total. The third kappa shape index (κ3) is 4.34. The van der Waals surface area contributed by atoms with Crippen LogP contribution in [0.25, 0.3) is 0 Å². The van der Waals surface area contributed by atoms with Crippen molar-refractivity contribution < 1.29 is 17.9 Å². The second-order valence-corrected chi connectivity index (χ2v) is 9.46. The van der Waals surface area contributed by atoms with Crippen LogP contribution < -0.4 is 0 Å². The maximum Gasteiger partial charge on any atom is 0.309 e. The number of rotatable bonds is 5. The summed E-state index contributed by atoms with van der Waals surface area (Å²) >= 11 is 12.7. The number of benzene rings is 1. The minimum Gasteiger partial charge on any atom is -0.459 e. The number of carbonyl (C=O) groups excluding carboxylic acids is 1. The van der Waals surface area contributed by atoms with E-state index in [0.29, 0.717) is 27.9 Å². The predicted molar refractivity (Wildman–Crippen MR) is 97.6 cm³/mol. The molecule has 1 aromatic carbocycles. The van der Waals surface area contributed by atoms with E-state index in [0.717, 1.165) is 11.5 Å². The van der Waals surface area contributed by atoms with Crippen LogP contribution in [0.15, 0.2) is 29.2 Å². The number of hydrogen-bond donors (Lipinski definition) is 0. The molecule has 1 saturated heterocycles. The van der Waals surface area contributed by atoms with E-state index < -0.39 is 10.0 Å². The fourth-order valence-electron chi connectivity index (χ4n) is 2.63. The smallest absolute Gasteiger partial charge is 0.309 e. The Hall–Kier alpha value is -1.26. The van der Waals surface area contributed by atoms with Gasteiger partial charge in [0.2, 0.25) is 10.0 Å². The summed E-state index contributed by atoms with van der Waals surface area (Å²) in [7, 11) is -3.59. The molecule has 11 heteroatoms. The fourth-order valence-corrected chi connectivity index (χ4v) is 4.82. The fraction of sp³-hybridized carbons (Fsp3) is 0.400. The summed E-state index contributed by atoms with van der Waals surface area (Å²) < 4.78 is 35.9. The number of piperidine rings is 1. The molecule has 0 amide bonds. The zero-order chi connectivity index (χ0) is 18.7. The maximum absolute atomic E-state index is 12.6. The van der Waals surface area contributed by atoms with Gasteiger partial charge in [0.1, 0.15) is 16.6 Å². The van der Waals surface area contributed by atoms with Crippen molar-refractivity contribution in [3.8, 4) is 0 Å². The number of aromatic nitrogens is 2. The van der Waals surface area contributed by atoms with Crippen molar-refractivity contribution in [1.29, 1.82) is 0 Å². The number of halogens is 2. The molecule has 0 aliphatic carbocycles. The van der Waals surface area contributed by atoms with Crippen LogP contribution in [0, 0.1) is 5.92 Å². The topological polar surface area (TPSA) is 89.5 Å². The average Bonchev–Trinajstić information content (AvgIpc) is 3.05. The third-order valence-electron chi connectivity index (χ3n) is 4.10. The summed E-state index contributed by atoms with van der Waals surface area (Å²) in [4.78, 5) is 12.4. The summed E-state index contributed by atoms with van der Waals surface area (Å²) in [6.45, 7) is 0.477. The van der Waals surface area contributed by atoms with Crippen molar-refractivity contribution in [2.75, 3.05) is 13.1 Å². The highest BCUT2D eigenvalue weighted by atomic mass is 35.5. The highest BCUT2D eigenvalue weighted by Gasteiger charge is 2.32. The van der Waals surface area contributed by atoms with Gasteiger partial charge in [0.05, 0.1) is 10.8 Å². The molecular weight excluding hydrogens is 421 g/mol. The summed E-state index contributed by atoms with van der Waals surface area (Å²) in [5.41, 5.74) is 0.424. The lowest BCUT2D eigenvalue weighted by molar-refractivity contribution is -0.151. The molecular formula is C15H15Cl2N3O4S2. The van der Waals surface area contributed by atoms with Gasteiger partial charge in [0.25, 0.3) is 0 Å². The number of sulfonamides is 1. The Balaban J connectivity index is 1.55. The molecule has 7 nitrogen and oxygen atoms in total. The normalized spacial score (nSPS) is 16.5. The van der Waals surface area contributed by atoms with Crippen LogP contribution in [0.5, 0.6) is 0 Å². The Morgan fingerprint density at radius 3 is 2.46 bits per heavy atom. The van der Waals surface area contributed by atoms with E-state index in [9.17, 15) is 13.2 Å². The quantitative estimate of drug-likeness (QED) is 0.670. The second-order valence-electron chi connectivity index (χ2n) is 5.73. The number of nitrogens with zero attached hydrogens (tertiary/aromatic N) is 3. The van der Waals surface area contributed by atoms with Crippen molar-refractivity contribution in [1.82, 2.24) is 13.9 Å². The van der Waals surface area contributed by atoms with Gasteiger partial charge in [-0.05, 0) is 37.1 Å². The molecule has 0 radical (unpaired) electrons. The van der Waals surface area contributed by atoms with Crippen LogP contribution >= 0.6 is 34.7 Å². The van der Waals surface area contributed by atoms with Gasteiger partial charge in [-0.3, -0.25) is 4.79 Å². The number of ether oxygens (including phenoxy) is 1. The van der Waals surface area contributed by atoms with Crippen molar-refractivity contribution in [2.24, 2.45) is 5.92 Å². The second kappa shape index (κ2) is 8.18. The highest BCUT2D eigenvalue weighted by molar-refractivity contribution is 7.89. The van der Waals surface area contributed by atoms with Crippen LogP contribution in [0.4, 0.5) is 0 Å².